The minimum atomic E-state index is 0.228. The molecule has 1 fully saturated rings. The van der Waals surface area contributed by atoms with E-state index in [1.54, 1.807) is 6.08 Å². The van der Waals surface area contributed by atoms with Gasteiger partial charge in [0.1, 0.15) is 0 Å². The first-order valence-corrected chi connectivity index (χ1v) is 5.40. The van der Waals surface area contributed by atoms with Gasteiger partial charge in [0.05, 0.1) is 0 Å². The number of aliphatic hydroxyl groups is 1. The van der Waals surface area contributed by atoms with Crippen molar-refractivity contribution in [2.45, 2.75) is 38.1 Å². The fraction of sp³-hybridized carbons (Fsp3) is 0.727. The summed E-state index contributed by atoms with van der Waals surface area (Å²) in [6.07, 6.45) is 6.63. The van der Waals surface area contributed by atoms with Crippen LogP contribution in [0.1, 0.15) is 32.1 Å². The maximum absolute atomic E-state index is 11.0. The van der Waals surface area contributed by atoms with E-state index in [-0.39, 0.29) is 12.4 Å². The minimum Gasteiger partial charge on any atom is -0.396 e. The SMILES string of the molecule is O=C1C=C(NC2CCCC2CO)CC1. The lowest BCUT2D eigenvalue weighted by Crippen LogP contribution is -2.33. The number of rotatable bonds is 3. The van der Waals surface area contributed by atoms with E-state index in [0.29, 0.717) is 18.4 Å². The van der Waals surface area contributed by atoms with Crippen LogP contribution in [0.25, 0.3) is 0 Å². The Morgan fingerprint density at radius 2 is 2.29 bits per heavy atom. The largest absolute Gasteiger partial charge is 0.396 e. The molecule has 2 unspecified atom stereocenters. The number of nitrogens with one attached hydrogen (secondary N) is 1. The third-order valence-corrected chi connectivity index (χ3v) is 3.24. The molecule has 0 heterocycles. The zero-order valence-corrected chi connectivity index (χ0v) is 8.33. The molecule has 0 bridgehead atoms. The average molecular weight is 195 g/mol. The highest BCUT2D eigenvalue weighted by molar-refractivity contribution is 5.92. The summed E-state index contributed by atoms with van der Waals surface area (Å²) >= 11 is 0. The van der Waals surface area contributed by atoms with E-state index in [0.717, 1.165) is 25.0 Å². The summed E-state index contributed by atoms with van der Waals surface area (Å²) < 4.78 is 0. The second-order valence-corrected chi connectivity index (χ2v) is 4.26. The summed E-state index contributed by atoms with van der Waals surface area (Å²) in [5.74, 6) is 0.609. The summed E-state index contributed by atoms with van der Waals surface area (Å²) in [7, 11) is 0. The van der Waals surface area contributed by atoms with Crippen LogP contribution in [0.3, 0.4) is 0 Å². The predicted octanol–water partition coefficient (Wildman–Crippen LogP) is 0.984. The lowest BCUT2D eigenvalue weighted by Gasteiger charge is -2.20. The molecule has 2 rings (SSSR count). The van der Waals surface area contributed by atoms with Gasteiger partial charge in [0.2, 0.25) is 0 Å². The summed E-state index contributed by atoms with van der Waals surface area (Å²) in [5.41, 5.74) is 1.07. The van der Waals surface area contributed by atoms with Crippen LogP contribution in [0, 0.1) is 5.92 Å². The molecule has 3 heteroatoms. The van der Waals surface area contributed by atoms with Crippen molar-refractivity contribution in [1.82, 2.24) is 5.32 Å². The monoisotopic (exact) mass is 195 g/mol. The molecule has 0 aliphatic heterocycles. The van der Waals surface area contributed by atoms with Gasteiger partial charge in [0.25, 0.3) is 0 Å². The second-order valence-electron chi connectivity index (χ2n) is 4.26. The highest BCUT2D eigenvalue weighted by atomic mass is 16.3. The summed E-state index contributed by atoms with van der Waals surface area (Å²) in [5, 5.41) is 12.5. The van der Waals surface area contributed by atoms with E-state index in [2.05, 4.69) is 5.32 Å². The molecule has 0 spiro atoms. The van der Waals surface area contributed by atoms with Crippen LogP contribution in [0.2, 0.25) is 0 Å². The summed E-state index contributed by atoms with van der Waals surface area (Å²) in [6, 6.07) is 0.386. The molecule has 0 aromatic carbocycles. The Labute approximate surface area is 84.2 Å². The first kappa shape index (κ1) is 9.71. The van der Waals surface area contributed by atoms with Gasteiger partial charge in [0, 0.05) is 36.8 Å². The number of aliphatic hydroxyl groups excluding tert-OH is 1. The van der Waals surface area contributed by atoms with Crippen molar-refractivity contribution in [3.8, 4) is 0 Å². The standard InChI is InChI=1S/C11H17NO2/c13-7-8-2-1-3-11(8)12-9-4-5-10(14)6-9/h6,8,11-13H,1-5,7H2. The predicted molar refractivity (Wildman–Crippen MR) is 53.7 cm³/mol. The molecule has 0 aromatic rings. The van der Waals surface area contributed by atoms with Crippen molar-refractivity contribution in [1.29, 1.82) is 0 Å². The lowest BCUT2D eigenvalue weighted by molar-refractivity contribution is -0.114. The number of hydrogen-bond acceptors (Lipinski definition) is 3. The maximum atomic E-state index is 11.0. The Hall–Kier alpha value is -0.830. The number of ketones is 1. The number of carbonyl (C=O) groups is 1. The quantitative estimate of drug-likeness (QED) is 0.706. The number of hydrogen-bond donors (Lipinski definition) is 2. The van der Waals surface area contributed by atoms with Crippen molar-refractivity contribution < 1.29 is 9.90 Å². The van der Waals surface area contributed by atoms with Gasteiger partial charge in [-0.3, -0.25) is 4.79 Å². The molecule has 3 nitrogen and oxygen atoms in total. The lowest BCUT2D eigenvalue weighted by atomic mass is 10.0. The smallest absolute Gasteiger partial charge is 0.157 e. The average Bonchev–Trinajstić information content (AvgIpc) is 2.76. The second kappa shape index (κ2) is 4.13. The van der Waals surface area contributed by atoms with E-state index >= 15 is 0 Å². The number of allylic oxidation sites excluding steroid dienone is 2. The highest BCUT2D eigenvalue weighted by Gasteiger charge is 2.27. The molecule has 2 N–H and O–H groups in total. The molecule has 0 radical (unpaired) electrons. The van der Waals surface area contributed by atoms with Gasteiger partial charge in [-0.2, -0.15) is 0 Å². The van der Waals surface area contributed by atoms with Crippen LogP contribution in [-0.2, 0) is 4.79 Å². The Balaban J connectivity index is 1.90. The molecule has 78 valence electrons. The van der Waals surface area contributed by atoms with Crippen LogP contribution in [-0.4, -0.2) is 23.5 Å². The molecule has 2 atom stereocenters. The zero-order valence-electron chi connectivity index (χ0n) is 8.33. The van der Waals surface area contributed by atoms with E-state index in [9.17, 15) is 4.79 Å². The molecular formula is C11H17NO2. The molecule has 2 aliphatic rings. The third kappa shape index (κ3) is 1.98. The summed E-state index contributed by atoms with van der Waals surface area (Å²) in [4.78, 5) is 11.0. The van der Waals surface area contributed by atoms with Crippen LogP contribution in [0.15, 0.2) is 11.8 Å². The Bertz CT molecular complexity index is 260. The minimum absolute atomic E-state index is 0.228. The van der Waals surface area contributed by atoms with E-state index in [4.69, 9.17) is 5.11 Å². The van der Waals surface area contributed by atoms with Gasteiger partial charge in [-0.05, 0) is 19.3 Å². The normalized spacial score (nSPS) is 32.1. The molecule has 0 aromatic heterocycles. The Morgan fingerprint density at radius 1 is 1.43 bits per heavy atom. The third-order valence-electron chi connectivity index (χ3n) is 3.24. The van der Waals surface area contributed by atoms with Crippen molar-refractivity contribution in [2.24, 2.45) is 5.92 Å². The fourth-order valence-electron chi connectivity index (χ4n) is 2.39. The van der Waals surface area contributed by atoms with Crippen LogP contribution in [0.4, 0.5) is 0 Å². The van der Waals surface area contributed by atoms with Crippen molar-refractivity contribution >= 4 is 5.78 Å². The Kier molecular flexibility index (Phi) is 2.87. The molecule has 0 amide bonds. The van der Waals surface area contributed by atoms with Crippen molar-refractivity contribution in [3.05, 3.63) is 11.8 Å². The molecule has 14 heavy (non-hydrogen) atoms. The summed E-state index contributed by atoms with van der Waals surface area (Å²) in [6.45, 7) is 0.263. The van der Waals surface area contributed by atoms with E-state index < -0.39 is 0 Å². The maximum Gasteiger partial charge on any atom is 0.157 e. The highest BCUT2D eigenvalue weighted by Crippen LogP contribution is 2.27. The first-order chi connectivity index (χ1) is 6.79. The molecule has 0 saturated heterocycles. The van der Waals surface area contributed by atoms with E-state index in [1.807, 2.05) is 0 Å². The zero-order chi connectivity index (χ0) is 9.97. The van der Waals surface area contributed by atoms with E-state index in [1.165, 1.54) is 6.42 Å². The van der Waals surface area contributed by atoms with Crippen molar-refractivity contribution in [3.63, 3.8) is 0 Å². The van der Waals surface area contributed by atoms with Gasteiger partial charge in [-0.15, -0.1) is 0 Å². The van der Waals surface area contributed by atoms with Gasteiger partial charge in [-0.25, -0.2) is 0 Å². The first-order valence-electron chi connectivity index (χ1n) is 5.40. The van der Waals surface area contributed by atoms with Gasteiger partial charge < -0.3 is 10.4 Å². The molecule has 1 saturated carbocycles. The van der Waals surface area contributed by atoms with Gasteiger partial charge in [-0.1, -0.05) is 6.42 Å². The van der Waals surface area contributed by atoms with Gasteiger partial charge >= 0.3 is 0 Å². The fourth-order valence-corrected chi connectivity index (χ4v) is 2.39. The topological polar surface area (TPSA) is 49.3 Å². The molecular weight excluding hydrogens is 178 g/mol. The van der Waals surface area contributed by atoms with Gasteiger partial charge in [0.15, 0.2) is 5.78 Å². The van der Waals surface area contributed by atoms with Crippen LogP contribution >= 0.6 is 0 Å². The number of carbonyl (C=O) groups excluding carboxylic acids is 1. The molecule has 2 aliphatic carbocycles. The van der Waals surface area contributed by atoms with Crippen LogP contribution < -0.4 is 5.32 Å². The Morgan fingerprint density at radius 3 is 2.93 bits per heavy atom. The van der Waals surface area contributed by atoms with Crippen molar-refractivity contribution in [2.75, 3.05) is 6.61 Å². The van der Waals surface area contributed by atoms with Crippen LogP contribution in [0.5, 0.6) is 0 Å².